The summed E-state index contributed by atoms with van der Waals surface area (Å²) in [6, 6.07) is 12.2. The molecule has 8 heteroatoms. The fourth-order valence-corrected chi connectivity index (χ4v) is 3.94. The number of nitrogens with one attached hydrogen (secondary N) is 1. The molecule has 0 heterocycles. The molecule has 2 unspecified atom stereocenters. The van der Waals surface area contributed by atoms with E-state index in [1.807, 2.05) is 24.3 Å². The smallest absolute Gasteiger partial charge is 0.241 e. The largest absolute Gasteiger partial charge is 0.495 e. The van der Waals surface area contributed by atoms with Crippen LogP contribution in [0, 0.1) is 5.92 Å². The molecule has 1 aliphatic carbocycles. The van der Waals surface area contributed by atoms with Gasteiger partial charge in [-0.3, -0.25) is 4.79 Å². The molecule has 0 aromatic heterocycles. The Balaban J connectivity index is 1.74. The first-order chi connectivity index (χ1) is 11.8. The average molecular weight is 425 g/mol. The normalized spacial score (nSPS) is 19.3. The van der Waals surface area contributed by atoms with Crippen LogP contribution >= 0.6 is 15.9 Å². The third-order valence-electron chi connectivity index (χ3n) is 4.14. The van der Waals surface area contributed by atoms with E-state index >= 15 is 0 Å². The Labute approximate surface area is 154 Å². The minimum atomic E-state index is -3.95. The second-order valence-electron chi connectivity index (χ2n) is 5.90. The Morgan fingerprint density at radius 3 is 2.68 bits per heavy atom. The number of anilines is 1. The summed E-state index contributed by atoms with van der Waals surface area (Å²) >= 11 is 3.43. The molecule has 0 bridgehead atoms. The van der Waals surface area contributed by atoms with Crippen LogP contribution in [0.15, 0.2) is 51.8 Å². The summed E-state index contributed by atoms with van der Waals surface area (Å²) < 4.78 is 29.3. The van der Waals surface area contributed by atoms with E-state index in [4.69, 9.17) is 9.88 Å². The van der Waals surface area contributed by atoms with Crippen molar-refractivity contribution in [3.63, 3.8) is 0 Å². The van der Waals surface area contributed by atoms with Gasteiger partial charge in [0.15, 0.2) is 0 Å². The number of methoxy groups -OCH3 is 1. The second-order valence-corrected chi connectivity index (χ2v) is 8.35. The average Bonchev–Trinajstić information content (AvgIpc) is 3.35. The maximum absolute atomic E-state index is 12.4. The lowest BCUT2D eigenvalue weighted by Crippen LogP contribution is -2.17. The fraction of sp³-hybridized carbons (Fsp3) is 0.235. The summed E-state index contributed by atoms with van der Waals surface area (Å²) in [7, 11) is -2.59. The van der Waals surface area contributed by atoms with Gasteiger partial charge in [0.2, 0.25) is 15.9 Å². The van der Waals surface area contributed by atoms with Gasteiger partial charge in [-0.25, -0.2) is 13.6 Å². The number of nitrogens with two attached hydrogens (primary N) is 1. The van der Waals surface area contributed by atoms with Crippen molar-refractivity contribution in [1.82, 2.24) is 0 Å². The van der Waals surface area contributed by atoms with Crippen LogP contribution in [-0.2, 0) is 14.8 Å². The van der Waals surface area contributed by atoms with Gasteiger partial charge in [0.1, 0.15) is 10.6 Å². The molecule has 0 saturated heterocycles. The zero-order chi connectivity index (χ0) is 18.2. The van der Waals surface area contributed by atoms with Crippen LogP contribution in [0.5, 0.6) is 5.75 Å². The van der Waals surface area contributed by atoms with Crippen molar-refractivity contribution >= 4 is 37.5 Å². The Morgan fingerprint density at radius 2 is 2.04 bits per heavy atom. The van der Waals surface area contributed by atoms with Gasteiger partial charge in [-0.2, -0.15) is 0 Å². The number of hydrogen-bond acceptors (Lipinski definition) is 4. The summed E-state index contributed by atoms with van der Waals surface area (Å²) in [6.45, 7) is 0. The highest BCUT2D eigenvalue weighted by Gasteiger charge is 2.44. The number of hydrogen-bond donors (Lipinski definition) is 2. The van der Waals surface area contributed by atoms with Crippen molar-refractivity contribution in [2.45, 2.75) is 17.2 Å². The SMILES string of the molecule is COc1ccc(NC(=O)C2CC2c2cccc(Br)c2)cc1S(N)(=O)=O. The highest BCUT2D eigenvalue weighted by molar-refractivity contribution is 9.10. The van der Waals surface area contributed by atoms with E-state index in [-0.39, 0.29) is 28.4 Å². The standard InChI is InChI=1S/C17H17BrN2O4S/c1-24-15-6-5-12(8-16(15)25(19,22)23)20-17(21)14-9-13(14)10-3-2-4-11(18)7-10/h2-8,13-14H,9H2,1H3,(H,20,21)(H2,19,22,23). The molecular weight excluding hydrogens is 408 g/mol. The van der Waals surface area contributed by atoms with Crippen LogP contribution in [0.4, 0.5) is 5.69 Å². The van der Waals surface area contributed by atoms with E-state index in [1.54, 1.807) is 6.07 Å². The van der Waals surface area contributed by atoms with Crippen molar-refractivity contribution in [3.05, 3.63) is 52.5 Å². The van der Waals surface area contributed by atoms with Gasteiger partial charge in [0.25, 0.3) is 0 Å². The summed E-state index contributed by atoms with van der Waals surface area (Å²) in [6.07, 6.45) is 0.764. The van der Waals surface area contributed by atoms with Crippen LogP contribution in [0.25, 0.3) is 0 Å². The molecule has 2 aromatic rings. The maximum atomic E-state index is 12.4. The number of sulfonamides is 1. The Kier molecular flexibility index (Phi) is 4.86. The number of rotatable bonds is 5. The van der Waals surface area contributed by atoms with Crippen LogP contribution in [-0.4, -0.2) is 21.4 Å². The molecule has 25 heavy (non-hydrogen) atoms. The third-order valence-corrected chi connectivity index (χ3v) is 5.57. The number of benzene rings is 2. The summed E-state index contributed by atoms with van der Waals surface area (Å²) in [4.78, 5) is 12.3. The van der Waals surface area contributed by atoms with Gasteiger partial charge < -0.3 is 10.1 Å². The molecule has 1 fully saturated rings. The molecule has 132 valence electrons. The van der Waals surface area contributed by atoms with Crippen molar-refractivity contribution in [1.29, 1.82) is 0 Å². The lowest BCUT2D eigenvalue weighted by Gasteiger charge is -2.10. The molecule has 0 spiro atoms. The van der Waals surface area contributed by atoms with Crippen molar-refractivity contribution in [2.24, 2.45) is 11.1 Å². The number of carbonyl (C=O) groups excluding carboxylic acids is 1. The summed E-state index contributed by atoms with van der Waals surface area (Å²) in [5.41, 5.74) is 1.48. The lowest BCUT2D eigenvalue weighted by molar-refractivity contribution is -0.117. The molecule has 1 aliphatic rings. The Hall–Kier alpha value is -1.90. The Bertz CT molecular complexity index is 930. The van der Waals surface area contributed by atoms with Gasteiger partial charge in [-0.15, -0.1) is 0 Å². The number of amides is 1. The van der Waals surface area contributed by atoms with Gasteiger partial charge in [0.05, 0.1) is 7.11 Å². The minimum Gasteiger partial charge on any atom is -0.495 e. The number of carbonyl (C=O) groups is 1. The molecule has 1 amide bonds. The number of ether oxygens (including phenoxy) is 1. The molecule has 0 aliphatic heterocycles. The zero-order valence-corrected chi connectivity index (χ0v) is 15.8. The molecular formula is C17H17BrN2O4S. The first-order valence-corrected chi connectivity index (χ1v) is 9.90. The predicted octanol–water partition coefficient (Wildman–Crippen LogP) is 2.85. The molecule has 1 saturated carbocycles. The van der Waals surface area contributed by atoms with Gasteiger partial charge in [0, 0.05) is 16.1 Å². The van der Waals surface area contributed by atoms with Crippen LogP contribution in [0.2, 0.25) is 0 Å². The van der Waals surface area contributed by atoms with Crippen molar-refractivity contribution < 1.29 is 17.9 Å². The van der Waals surface area contributed by atoms with E-state index in [1.165, 1.54) is 19.2 Å². The molecule has 2 aromatic carbocycles. The highest BCUT2D eigenvalue weighted by atomic mass is 79.9. The zero-order valence-electron chi connectivity index (χ0n) is 13.4. The molecule has 6 nitrogen and oxygen atoms in total. The molecule has 2 atom stereocenters. The first kappa shape index (κ1) is 17.9. The van der Waals surface area contributed by atoms with Gasteiger partial charge in [-0.1, -0.05) is 28.1 Å². The lowest BCUT2D eigenvalue weighted by atomic mass is 10.1. The van der Waals surface area contributed by atoms with Gasteiger partial charge >= 0.3 is 0 Å². The molecule has 0 radical (unpaired) electrons. The fourth-order valence-electron chi connectivity index (χ4n) is 2.80. The van der Waals surface area contributed by atoms with Crippen LogP contribution in [0.3, 0.4) is 0 Å². The quantitative estimate of drug-likeness (QED) is 0.770. The van der Waals surface area contributed by atoms with Crippen molar-refractivity contribution in [2.75, 3.05) is 12.4 Å². The molecule has 3 rings (SSSR count). The second kappa shape index (κ2) is 6.78. The minimum absolute atomic E-state index is 0.130. The maximum Gasteiger partial charge on any atom is 0.241 e. The van der Waals surface area contributed by atoms with E-state index in [0.29, 0.717) is 5.69 Å². The summed E-state index contributed by atoms with van der Waals surface area (Å²) in [5, 5.41) is 7.95. The van der Waals surface area contributed by atoms with Crippen LogP contribution < -0.4 is 15.2 Å². The number of halogens is 1. The van der Waals surface area contributed by atoms with E-state index in [0.717, 1.165) is 16.5 Å². The van der Waals surface area contributed by atoms with Crippen LogP contribution in [0.1, 0.15) is 17.9 Å². The predicted molar refractivity (Wildman–Crippen MR) is 98.0 cm³/mol. The van der Waals surface area contributed by atoms with E-state index in [9.17, 15) is 13.2 Å². The monoisotopic (exact) mass is 424 g/mol. The van der Waals surface area contributed by atoms with E-state index < -0.39 is 10.0 Å². The Morgan fingerprint density at radius 1 is 1.28 bits per heavy atom. The summed E-state index contributed by atoms with van der Waals surface area (Å²) in [5.74, 6) is 0.0391. The third kappa shape index (κ3) is 4.02. The number of primary sulfonamides is 1. The first-order valence-electron chi connectivity index (χ1n) is 7.57. The van der Waals surface area contributed by atoms with E-state index in [2.05, 4.69) is 21.2 Å². The highest BCUT2D eigenvalue weighted by Crippen LogP contribution is 2.48. The van der Waals surface area contributed by atoms with Gasteiger partial charge in [-0.05, 0) is 48.2 Å². The molecule has 3 N–H and O–H groups in total. The van der Waals surface area contributed by atoms with Crippen molar-refractivity contribution in [3.8, 4) is 5.75 Å². The topological polar surface area (TPSA) is 98.5 Å².